The lowest BCUT2D eigenvalue weighted by Gasteiger charge is -2.30. The van der Waals surface area contributed by atoms with E-state index >= 15 is 0 Å². The van der Waals surface area contributed by atoms with Gasteiger partial charge in [-0.1, -0.05) is 23.7 Å². The first-order valence-corrected chi connectivity index (χ1v) is 6.55. The van der Waals surface area contributed by atoms with Crippen molar-refractivity contribution in [3.05, 3.63) is 34.9 Å². The molecule has 0 aromatic heterocycles. The smallest absolute Gasteiger partial charge is 0.317 e. The summed E-state index contributed by atoms with van der Waals surface area (Å²) >= 11 is 5.84. The topological polar surface area (TPSA) is 46.6 Å². The van der Waals surface area contributed by atoms with Crippen LogP contribution in [0.1, 0.15) is 12.0 Å². The molecule has 0 amide bonds. The number of likely N-dealkylation sites (tertiary alicyclic amines) is 1. The van der Waals surface area contributed by atoms with Gasteiger partial charge >= 0.3 is 5.97 Å². The lowest BCUT2D eigenvalue weighted by Crippen LogP contribution is -2.44. The summed E-state index contributed by atoms with van der Waals surface area (Å²) in [5.41, 5.74) is 1.11. The number of hydrogen-bond donors (Lipinski definition) is 0. The molecule has 0 radical (unpaired) electrons. The average molecular weight is 282 g/mol. The predicted molar refractivity (Wildman–Crippen MR) is 71.9 cm³/mol. The molecule has 0 aliphatic carbocycles. The van der Waals surface area contributed by atoms with E-state index in [2.05, 4.69) is 9.64 Å². The number of esters is 1. The molecule has 0 spiro atoms. The Kier molecular flexibility index (Phi) is 4.56. The van der Waals surface area contributed by atoms with Crippen LogP contribution in [0.4, 0.5) is 0 Å². The molecule has 1 aromatic rings. The first-order chi connectivity index (χ1) is 9.10. The molecule has 1 aliphatic rings. The molecule has 0 bridgehead atoms. The van der Waals surface area contributed by atoms with Gasteiger partial charge < -0.3 is 4.74 Å². The molecule has 0 N–H and O–H groups in total. The van der Waals surface area contributed by atoms with Crippen LogP contribution in [0.5, 0.6) is 0 Å². The van der Waals surface area contributed by atoms with Crippen molar-refractivity contribution in [3.63, 3.8) is 0 Å². The Morgan fingerprint density at radius 3 is 2.74 bits per heavy atom. The van der Waals surface area contributed by atoms with Crippen molar-refractivity contribution in [3.8, 4) is 0 Å². The lowest BCUT2D eigenvalue weighted by atomic mass is 9.96. The highest BCUT2D eigenvalue weighted by molar-refractivity contribution is 6.30. The number of methoxy groups -OCH3 is 1. The van der Waals surface area contributed by atoms with Crippen LogP contribution in [0.3, 0.4) is 0 Å². The standard InChI is InChI=1S/C14H16ClNO3/c1-19-14(18)12-9-16(7-6-13(12)17)8-10-2-4-11(15)5-3-10/h2-5,12H,6-9H2,1H3. The Bertz CT molecular complexity index is 464. The highest BCUT2D eigenvalue weighted by Gasteiger charge is 2.33. The van der Waals surface area contributed by atoms with Gasteiger partial charge in [-0.2, -0.15) is 0 Å². The van der Waals surface area contributed by atoms with Crippen LogP contribution < -0.4 is 0 Å². The molecule has 1 unspecified atom stereocenters. The van der Waals surface area contributed by atoms with Crippen molar-refractivity contribution in [1.29, 1.82) is 0 Å². The molecule has 1 saturated heterocycles. The number of hydrogen-bond acceptors (Lipinski definition) is 4. The van der Waals surface area contributed by atoms with Crippen LogP contribution in [-0.2, 0) is 20.9 Å². The van der Waals surface area contributed by atoms with Crippen LogP contribution in [-0.4, -0.2) is 36.9 Å². The highest BCUT2D eigenvalue weighted by atomic mass is 35.5. The SMILES string of the molecule is COC(=O)C1CN(Cc2ccc(Cl)cc2)CCC1=O. The molecule has 102 valence electrons. The normalized spacial score (nSPS) is 20.3. The van der Waals surface area contributed by atoms with Crippen molar-refractivity contribution >= 4 is 23.4 Å². The first-order valence-electron chi connectivity index (χ1n) is 6.17. The molecule has 2 rings (SSSR count). The maximum Gasteiger partial charge on any atom is 0.317 e. The quantitative estimate of drug-likeness (QED) is 0.627. The number of nitrogens with zero attached hydrogens (tertiary/aromatic N) is 1. The molecule has 5 heteroatoms. The molecular weight excluding hydrogens is 266 g/mol. The Hall–Kier alpha value is -1.39. The van der Waals surface area contributed by atoms with E-state index in [1.807, 2.05) is 24.3 Å². The summed E-state index contributed by atoms with van der Waals surface area (Å²) in [6.07, 6.45) is 0.396. The number of rotatable bonds is 3. The van der Waals surface area contributed by atoms with Gasteiger partial charge in [0.2, 0.25) is 0 Å². The fraction of sp³-hybridized carbons (Fsp3) is 0.429. The van der Waals surface area contributed by atoms with Crippen LogP contribution in [0.15, 0.2) is 24.3 Å². The number of ether oxygens (including phenoxy) is 1. The average Bonchev–Trinajstić information content (AvgIpc) is 2.42. The van der Waals surface area contributed by atoms with E-state index in [1.165, 1.54) is 7.11 Å². The third-order valence-electron chi connectivity index (χ3n) is 3.31. The van der Waals surface area contributed by atoms with Gasteiger partial charge in [0.05, 0.1) is 7.11 Å². The number of carbonyl (C=O) groups excluding carboxylic acids is 2. The summed E-state index contributed by atoms with van der Waals surface area (Å²) in [4.78, 5) is 25.3. The van der Waals surface area contributed by atoms with E-state index in [0.717, 1.165) is 5.56 Å². The largest absolute Gasteiger partial charge is 0.468 e. The summed E-state index contributed by atoms with van der Waals surface area (Å²) in [6, 6.07) is 7.57. The van der Waals surface area contributed by atoms with Crippen molar-refractivity contribution in [2.45, 2.75) is 13.0 Å². The first kappa shape index (κ1) is 14.0. The summed E-state index contributed by atoms with van der Waals surface area (Å²) in [7, 11) is 1.31. The Labute approximate surface area is 117 Å². The number of piperidine rings is 1. The molecule has 0 saturated carbocycles. The highest BCUT2D eigenvalue weighted by Crippen LogP contribution is 2.18. The van der Waals surface area contributed by atoms with Gasteiger partial charge in [0.15, 0.2) is 0 Å². The van der Waals surface area contributed by atoms with Crippen LogP contribution in [0, 0.1) is 5.92 Å². The molecule has 1 aliphatic heterocycles. The minimum atomic E-state index is -0.647. The zero-order valence-corrected chi connectivity index (χ0v) is 11.5. The maximum atomic E-state index is 11.7. The molecule has 19 heavy (non-hydrogen) atoms. The van der Waals surface area contributed by atoms with Crippen LogP contribution >= 0.6 is 11.6 Å². The van der Waals surface area contributed by atoms with E-state index in [-0.39, 0.29) is 5.78 Å². The second kappa shape index (κ2) is 6.17. The van der Waals surface area contributed by atoms with E-state index in [0.29, 0.717) is 31.1 Å². The van der Waals surface area contributed by atoms with Crippen LogP contribution in [0.2, 0.25) is 5.02 Å². The summed E-state index contributed by atoms with van der Waals surface area (Å²) in [5, 5.41) is 0.699. The van der Waals surface area contributed by atoms with Gasteiger partial charge in [0, 0.05) is 31.1 Å². The van der Waals surface area contributed by atoms with Gasteiger partial charge in [0.25, 0.3) is 0 Å². The van der Waals surface area contributed by atoms with Gasteiger partial charge in [0.1, 0.15) is 11.7 Å². The van der Waals surface area contributed by atoms with Crippen LogP contribution in [0.25, 0.3) is 0 Å². The van der Waals surface area contributed by atoms with E-state index in [9.17, 15) is 9.59 Å². The molecule has 1 fully saturated rings. The van der Waals surface area contributed by atoms with Crippen molar-refractivity contribution in [1.82, 2.24) is 4.90 Å². The Balaban J connectivity index is 2.00. The van der Waals surface area contributed by atoms with Crippen molar-refractivity contribution in [2.75, 3.05) is 20.2 Å². The van der Waals surface area contributed by atoms with E-state index in [1.54, 1.807) is 0 Å². The summed E-state index contributed by atoms with van der Waals surface area (Å²) in [5.74, 6) is -1.11. The Morgan fingerprint density at radius 2 is 2.11 bits per heavy atom. The van der Waals surface area contributed by atoms with Crippen molar-refractivity contribution < 1.29 is 14.3 Å². The third kappa shape index (κ3) is 3.55. The minimum absolute atomic E-state index is 0.0285. The van der Waals surface area contributed by atoms with E-state index in [4.69, 9.17) is 11.6 Å². The summed E-state index contributed by atoms with van der Waals surface area (Å²) < 4.78 is 4.67. The van der Waals surface area contributed by atoms with Gasteiger partial charge in [-0.3, -0.25) is 14.5 Å². The zero-order chi connectivity index (χ0) is 13.8. The number of Topliss-reactive ketones (excluding diaryl/α,β-unsaturated/α-hetero) is 1. The van der Waals surface area contributed by atoms with Gasteiger partial charge in [-0.25, -0.2) is 0 Å². The monoisotopic (exact) mass is 281 g/mol. The second-order valence-corrected chi connectivity index (χ2v) is 5.09. The number of ketones is 1. The molecule has 1 atom stereocenters. The van der Waals surface area contributed by atoms with E-state index < -0.39 is 11.9 Å². The Morgan fingerprint density at radius 1 is 1.42 bits per heavy atom. The fourth-order valence-electron chi connectivity index (χ4n) is 2.23. The van der Waals surface area contributed by atoms with Gasteiger partial charge in [-0.05, 0) is 17.7 Å². The fourth-order valence-corrected chi connectivity index (χ4v) is 2.36. The predicted octanol–water partition coefficient (Wildman–Crippen LogP) is 1.90. The molecular formula is C14H16ClNO3. The third-order valence-corrected chi connectivity index (χ3v) is 3.56. The van der Waals surface area contributed by atoms with Gasteiger partial charge in [-0.15, -0.1) is 0 Å². The molecule has 4 nitrogen and oxygen atoms in total. The zero-order valence-electron chi connectivity index (χ0n) is 10.8. The summed E-state index contributed by atoms with van der Waals surface area (Å²) in [6.45, 7) is 1.81. The number of halogens is 1. The molecule has 1 heterocycles. The number of benzene rings is 1. The minimum Gasteiger partial charge on any atom is -0.468 e. The maximum absolute atomic E-state index is 11.7. The number of carbonyl (C=O) groups is 2. The molecule has 1 aromatic carbocycles. The lowest BCUT2D eigenvalue weighted by molar-refractivity contribution is -0.152. The second-order valence-electron chi connectivity index (χ2n) is 4.65. The van der Waals surface area contributed by atoms with Crippen molar-refractivity contribution in [2.24, 2.45) is 5.92 Å².